The van der Waals surface area contributed by atoms with Crippen LogP contribution in [0.3, 0.4) is 0 Å². The van der Waals surface area contributed by atoms with E-state index in [0.29, 0.717) is 9.13 Å². The molecule has 0 heterocycles. The Balaban J connectivity index is 2.92. The summed E-state index contributed by atoms with van der Waals surface area (Å²) in [4.78, 5) is 10.7. The molecule has 1 aromatic rings. The van der Waals surface area contributed by atoms with Gasteiger partial charge in [-0.2, -0.15) is 13.2 Å². The van der Waals surface area contributed by atoms with Crippen molar-refractivity contribution < 1.29 is 18.0 Å². The van der Waals surface area contributed by atoms with Crippen molar-refractivity contribution >= 4 is 34.2 Å². The summed E-state index contributed by atoms with van der Waals surface area (Å²) in [6, 6.07) is 4.29. The number of nitrogens with one attached hydrogen (secondary N) is 1. The predicted octanol–water partition coefficient (Wildman–Crippen LogP) is 2.77. The molecule has 16 heavy (non-hydrogen) atoms. The molecule has 1 aromatic carbocycles. The van der Waals surface area contributed by atoms with Crippen LogP contribution in [0.4, 0.5) is 18.9 Å². The highest BCUT2D eigenvalue weighted by molar-refractivity contribution is 14.1. The van der Waals surface area contributed by atoms with Crippen LogP contribution in [0.1, 0.15) is 5.56 Å². The lowest BCUT2D eigenvalue weighted by Gasteiger charge is -2.09. The molecule has 0 saturated carbocycles. The Morgan fingerprint density at radius 3 is 2.50 bits per heavy atom. The van der Waals surface area contributed by atoms with Crippen molar-refractivity contribution in [3.63, 3.8) is 0 Å². The lowest BCUT2D eigenvalue weighted by molar-refractivity contribution is -0.167. The van der Waals surface area contributed by atoms with Crippen LogP contribution in [-0.2, 0) is 4.79 Å². The SMILES string of the molecule is C#Cc1ccc(NC(=O)C(F)(F)F)c(I)c1. The van der Waals surface area contributed by atoms with Gasteiger partial charge in [-0.15, -0.1) is 6.42 Å². The van der Waals surface area contributed by atoms with E-state index in [4.69, 9.17) is 6.42 Å². The van der Waals surface area contributed by atoms with Gasteiger partial charge >= 0.3 is 12.1 Å². The van der Waals surface area contributed by atoms with Crippen molar-refractivity contribution in [2.45, 2.75) is 6.18 Å². The first kappa shape index (κ1) is 12.8. The highest BCUT2D eigenvalue weighted by Gasteiger charge is 2.38. The fourth-order valence-corrected chi connectivity index (χ4v) is 1.55. The molecular weight excluding hydrogens is 334 g/mol. The number of carbonyl (C=O) groups excluding carboxylic acids is 1. The molecule has 0 saturated heterocycles. The number of halogens is 4. The number of benzene rings is 1. The maximum absolute atomic E-state index is 12.0. The second-order valence-electron chi connectivity index (χ2n) is 2.79. The molecule has 0 unspecified atom stereocenters. The van der Waals surface area contributed by atoms with Gasteiger partial charge in [0.2, 0.25) is 0 Å². The van der Waals surface area contributed by atoms with E-state index in [1.54, 1.807) is 27.9 Å². The van der Waals surface area contributed by atoms with Gasteiger partial charge in [-0.05, 0) is 40.8 Å². The van der Waals surface area contributed by atoms with Gasteiger partial charge in [0.15, 0.2) is 0 Å². The standard InChI is InChI=1S/C10H5F3INO/c1-2-6-3-4-8(7(14)5-6)15-9(16)10(11,12)13/h1,3-5H,(H,15,16). The van der Waals surface area contributed by atoms with Gasteiger partial charge in [0.25, 0.3) is 0 Å². The number of amides is 1. The molecule has 2 nitrogen and oxygen atoms in total. The Morgan fingerprint density at radius 1 is 1.44 bits per heavy atom. The van der Waals surface area contributed by atoms with Crippen molar-refractivity contribution in [2.24, 2.45) is 0 Å². The van der Waals surface area contributed by atoms with Gasteiger partial charge in [0.1, 0.15) is 0 Å². The molecule has 0 spiro atoms. The Labute approximate surface area is 103 Å². The molecule has 0 fully saturated rings. The van der Waals surface area contributed by atoms with Gasteiger partial charge in [-0.3, -0.25) is 4.79 Å². The second kappa shape index (κ2) is 4.74. The van der Waals surface area contributed by atoms with Crippen LogP contribution in [0.2, 0.25) is 0 Å². The van der Waals surface area contributed by atoms with E-state index in [9.17, 15) is 18.0 Å². The third-order valence-electron chi connectivity index (χ3n) is 1.64. The van der Waals surface area contributed by atoms with Crippen LogP contribution >= 0.6 is 22.6 Å². The van der Waals surface area contributed by atoms with Crippen LogP contribution in [0, 0.1) is 15.9 Å². The summed E-state index contributed by atoms with van der Waals surface area (Å²) in [5, 5.41) is 1.76. The molecule has 1 rings (SSSR count). The first-order chi connectivity index (χ1) is 7.34. The fourth-order valence-electron chi connectivity index (χ4n) is 0.899. The first-order valence-electron chi connectivity index (χ1n) is 3.99. The first-order valence-corrected chi connectivity index (χ1v) is 5.07. The minimum absolute atomic E-state index is 0.0851. The predicted molar refractivity (Wildman–Crippen MR) is 61.8 cm³/mol. The molecule has 1 amide bonds. The zero-order valence-electron chi connectivity index (χ0n) is 7.73. The molecule has 1 N–H and O–H groups in total. The van der Waals surface area contributed by atoms with Crippen molar-refractivity contribution in [1.82, 2.24) is 0 Å². The number of carbonyl (C=O) groups is 1. The largest absolute Gasteiger partial charge is 0.471 e. The fraction of sp³-hybridized carbons (Fsp3) is 0.100. The maximum atomic E-state index is 12.0. The van der Waals surface area contributed by atoms with E-state index in [-0.39, 0.29) is 5.69 Å². The Hall–Kier alpha value is -1.23. The summed E-state index contributed by atoms with van der Waals surface area (Å²) in [6.45, 7) is 0. The molecule has 0 aliphatic carbocycles. The summed E-state index contributed by atoms with van der Waals surface area (Å²) < 4.78 is 36.3. The van der Waals surface area contributed by atoms with E-state index in [0.717, 1.165) is 0 Å². The summed E-state index contributed by atoms with van der Waals surface area (Å²) in [6.07, 6.45) is 0.224. The lowest BCUT2D eigenvalue weighted by atomic mass is 10.2. The number of rotatable bonds is 1. The number of hydrogen-bond donors (Lipinski definition) is 1. The van der Waals surface area contributed by atoms with Crippen LogP contribution in [0.15, 0.2) is 18.2 Å². The summed E-state index contributed by atoms with van der Waals surface area (Å²) >= 11 is 1.79. The molecular formula is C10H5F3INO. The molecule has 0 radical (unpaired) electrons. The summed E-state index contributed by atoms with van der Waals surface area (Å²) in [7, 11) is 0. The van der Waals surface area contributed by atoms with Crippen LogP contribution < -0.4 is 5.32 Å². The Bertz CT molecular complexity index is 462. The molecule has 0 aromatic heterocycles. The average molecular weight is 339 g/mol. The van der Waals surface area contributed by atoms with Crippen molar-refractivity contribution in [1.29, 1.82) is 0 Å². The van der Waals surface area contributed by atoms with Crippen molar-refractivity contribution in [3.05, 3.63) is 27.3 Å². The number of hydrogen-bond acceptors (Lipinski definition) is 1. The quantitative estimate of drug-likeness (QED) is 0.619. The summed E-state index contributed by atoms with van der Waals surface area (Å²) in [5.41, 5.74) is 0.622. The second-order valence-corrected chi connectivity index (χ2v) is 3.95. The Kier molecular flexibility index (Phi) is 3.80. The monoisotopic (exact) mass is 339 g/mol. The minimum Gasteiger partial charge on any atom is -0.317 e. The van der Waals surface area contributed by atoms with Gasteiger partial charge in [-0.25, -0.2) is 0 Å². The van der Waals surface area contributed by atoms with E-state index in [2.05, 4.69) is 5.92 Å². The van der Waals surface area contributed by atoms with E-state index in [1.807, 2.05) is 0 Å². The highest BCUT2D eigenvalue weighted by Crippen LogP contribution is 2.23. The van der Waals surface area contributed by atoms with Gasteiger partial charge in [0.05, 0.1) is 5.69 Å². The third-order valence-corrected chi connectivity index (χ3v) is 2.53. The molecule has 0 aliphatic rings. The molecule has 0 aliphatic heterocycles. The zero-order chi connectivity index (χ0) is 12.3. The number of alkyl halides is 3. The van der Waals surface area contributed by atoms with Crippen LogP contribution in [-0.4, -0.2) is 12.1 Å². The molecule has 84 valence electrons. The van der Waals surface area contributed by atoms with E-state index in [1.165, 1.54) is 18.2 Å². The molecule has 0 bridgehead atoms. The lowest BCUT2D eigenvalue weighted by Crippen LogP contribution is -2.30. The topological polar surface area (TPSA) is 29.1 Å². The smallest absolute Gasteiger partial charge is 0.317 e. The van der Waals surface area contributed by atoms with Crippen LogP contribution in [0.25, 0.3) is 0 Å². The third kappa shape index (κ3) is 3.13. The molecule has 0 atom stereocenters. The van der Waals surface area contributed by atoms with Crippen molar-refractivity contribution in [3.8, 4) is 12.3 Å². The number of terminal acetylenes is 1. The highest BCUT2D eigenvalue weighted by atomic mass is 127. The summed E-state index contributed by atoms with van der Waals surface area (Å²) in [5.74, 6) is 0.338. The van der Waals surface area contributed by atoms with Gasteiger partial charge in [0, 0.05) is 9.13 Å². The zero-order valence-corrected chi connectivity index (χ0v) is 9.89. The van der Waals surface area contributed by atoms with E-state index < -0.39 is 12.1 Å². The van der Waals surface area contributed by atoms with Gasteiger partial charge in [-0.1, -0.05) is 5.92 Å². The number of anilines is 1. The maximum Gasteiger partial charge on any atom is 0.471 e. The normalized spacial score (nSPS) is 10.7. The van der Waals surface area contributed by atoms with Crippen molar-refractivity contribution in [2.75, 3.05) is 5.32 Å². The minimum atomic E-state index is -4.89. The Morgan fingerprint density at radius 2 is 2.06 bits per heavy atom. The average Bonchev–Trinajstić information content (AvgIpc) is 2.19. The van der Waals surface area contributed by atoms with Crippen LogP contribution in [0.5, 0.6) is 0 Å². The van der Waals surface area contributed by atoms with Gasteiger partial charge < -0.3 is 5.32 Å². The molecule has 6 heteroatoms. The van der Waals surface area contributed by atoms with E-state index >= 15 is 0 Å².